The van der Waals surface area contributed by atoms with Gasteiger partial charge in [-0.05, 0) is 45.4 Å². The molecule has 0 radical (unpaired) electrons. The minimum atomic E-state index is -0.152. The molecule has 0 spiro atoms. The van der Waals surface area contributed by atoms with E-state index in [0.29, 0.717) is 16.4 Å². The highest BCUT2D eigenvalue weighted by molar-refractivity contribution is 7.99. The van der Waals surface area contributed by atoms with E-state index in [1.165, 1.54) is 29.1 Å². The zero-order valence-electron chi connectivity index (χ0n) is 16.3. The number of hydrogen-bond donors (Lipinski definition) is 1. The third-order valence-corrected chi connectivity index (χ3v) is 6.42. The van der Waals surface area contributed by atoms with E-state index < -0.39 is 0 Å². The molecule has 8 heteroatoms. The van der Waals surface area contributed by atoms with Gasteiger partial charge in [-0.1, -0.05) is 23.9 Å². The summed E-state index contributed by atoms with van der Waals surface area (Å²) in [6.45, 7) is 8.45. The quantitative estimate of drug-likeness (QED) is 0.452. The van der Waals surface area contributed by atoms with Crippen LogP contribution in [0.2, 0.25) is 0 Å². The average Bonchev–Trinajstić information content (AvgIpc) is 3.23. The molecule has 6 nitrogen and oxygen atoms in total. The van der Waals surface area contributed by atoms with Crippen molar-refractivity contribution in [2.45, 2.75) is 39.4 Å². The number of aryl methyl sites for hydroxylation is 1. The van der Waals surface area contributed by atoms with Gasteiger partial charge in [0.15, 0.2) is 16.8 Å². The second-order valence-corrected chi connectivity index (χ2v) is 8.38. The van der Waals surface area contributed by atoms with Gasteiger partial charge in [0, 0.05) is 33.6 Å². The van der Waals surface area contributed by atoms with Gasteiger partial charge in [0.2, 0.25) is 5.91 Å². The van der Waals surface area contributed by atoms with Crippen LogP contribution in [0, 0.1) is 13.8 Å². The molecule has 0 atom stereocenters. The van der Waals surface area contributed by atoms with Gasteiger partial charge in [-0.3, -0.25) is 9.59 Å². The van der Waals surface area contributed by atoms with E-state index in [2.05, 4.69) is 34.7 Å². The highest BCUT2D eigenvalue weighted by Crippen LogP contribution is 2.31. The lowest BCUT2D eigenvalue weighted by atomic mass is 10.1. The van der Waals surface area contributed by atoms with E-state index in [0.717, 1.165) is 17.9 Å². The van der Waals surface area contributed by atoms with Gasteiger partial charge in [0.25, 0.3) is 0 Å². The Balaban J connectivity index is 1.69. The van der Waals surface area contributed by atoms with Gasteiger partial charge >= 0.3 is 0 Å². The number of hydrogen-bond acceptors (Lipinski definition) is 6. The van der Waals surface area contributed by atoms with Crippen molar-refractivity contribution in [1.29, 1.82) is 0 Å². The smallest absolute Gasteiger partial charge is 0.234 e. The number of benzene rings is 1. The lowest BCUT2D eigenvalue weighted by molar-refractivity contribution is -0.113. The maximum atomic E-state index is 12.3. The lowest BCUT2D eigenvalue weighted by Crippen LogP contribution is -2.15. The predicted octanol–water partition coefficient (Wildman–Crippen LogP) is 4.58. The molecule has 0 unspecified atom stereocenters. The molecule has 0 saturated heterocycles. The Labute approximate surface area is 172 Å². The van der Waals surface area contributed by atoms with Crippen molar-refractivity contribution in [3.05, 3.63) is 45.6 Å². The number of anilines is 1. The fourth-order valence-corrected chi connectivity index (χ4v) is 4.42. The Hall–Kier alpha value is -2.45. The third-order valence-electron chi connectivity index (χ3n) is 4.44. The molecule has 3 rings (SSSR count). The van der Waals surface area contributed by atoms with Gasteiger partial charge in [-0.25, -0.2) is 0 Å². The molecular formula is C20H22N4O2S2. The van der Waals surface area contributed by atoms with Crippen LogP contribution in [-0.2, 0) is 11.3 Å². The van der Waals surface area contributed by atoms with Crippen molar-refractivity contribution in [1.82, 2.24) is 14.8 Å². The maximum absolute atomic E-state index is 12.3. The standard InChI is InChI=1S/C20H22N4O2S2/c1-5-24-19(17-10-27-14(4)12(17)2)22-23-20(24)28-11-18(26)21-16-8-6-7-15(9-16)13(3)25/h6-10H,5,11H2,1-4H3,(H,21,26). The number of ketones is 1. The maximum Gasteiger partial charge on any atom is 0.234 e. The SMILES string of the molecule is CCn1c(SCC(=O)Nc2cccc(C(C)=O)c2)nnc1-c1csc(C)c1C. The average molecular weight is 415 g/mol. The number of rotatable bonds is 7. The Kier molecular flexibility index (Phi) is 6.31. The van der Waals surface area contributed by atoms with Crippen LogP contribution >= 0.6 is 23.1 Å². The van der Waals surface area contributed by atoms with Crippen LogP contribution in [0.3, 0.4) is 0 Å². The minimum Gasteiger partial charge on any atom is -0.325 e. The third kappa shape index (κ3) is 4.34. The summed E-state index contributed by atoms with van der Waals surface area (Å²) in [4.78, 5) is 25.1. The highest BCUT2D eigenvalue weighted by atomic mass is 32.2. The number of nitrogens with one attached hydrogen (secondary N) is 1. The second kappa shape index (κ2) is 8.70. The van der Waals surface area contributed by atoms with Crippen molar-refractivity contribution in [2.75, 3.05) is 11.1 Å². The summed E-state index contributed by atoms with van der Waals surface area (Å²) < 4.78 is 2.03. The van der Waals surface area contributed by atoms with E-state index in [4.69, 9.17) is 0 Å². The second-order valence-electron chi connectivity index (χ2n) is 6.35. The fourth-order valence-electron chi connectivity index (χ4n) is 2.76. The van der Waals surface area contributed by atoms with Crippen molar-refractivity contribution < 1.29 is 9.59 Å². The molecule has 1 aromatic carbocycles. The molecule has 146 valence electrons. The first-order chi connectivity index (χ1) is 13.4. The van der Waals surface area contributed by atoms with E-state index in [1.54, 1.807) is 35.6 Å². The zero-order valence-corrected chi connectivity index (χ0v) is 17.9. The molecule has 0 aliphatic carbocycles. The summed E-state index contributed by atoms with van der Waals surface area (Å²) in [7, 11) is 0. The number of Topliss-reactive ketones (excluding diaryl/α,β-unsaturated/α-hetero) is 1. The summed E-state index contributed by atoms with van der Waals surface area (Å²) >= 11 is 3.05. The van der Waals surface area contributed by atoms with Crippen LogP contribution in [0.5, 0.6) is 0 Å². The van der Waals surface area contributed by atoms with Crippen molar-refractivity contribution >= 4 is 40.5 Å². The number of carbonyl (C=O) groups is 2. The lowest BCUT2D eigenvalue weighted by Gasteiger charge is -2.08. The van der Waals surface area contributed by atoms with Gasteiger partial charge < -0.3 is 9.88 Å². The van der Waals surface area contributed by atoms with E-state index in [9.17, 15) is 9.59 Å². The molecule has 3 aromatic rings. The molecule has 0 fully saturated rings. The Bertz CT molecular complexity index is 1020. The molecule has 2 heterocycles. The van der Waals surface area contributed by atoms with Crippen LogP contribution in [0.25, 0.3) is 11.4 Å². The number of nitrogens with zero attached hydrogens (tertiary/aromatic N) is 3. The van der Waals surface area contributed by atoms with Crippen LogP contribution in [0.1, 0.15) is 34.6 Å². The molecule has 0 aliphatic rings. The predicted molar refractivity (Wildman–Crippen MR) is 114 cm³/mol. The molecule has 2 aromatic heterocycles. The van der Waals surface area contributed by atoms with E-state index in [-0.39, 0.29) is 17.4 Å². The molecule has 1 N–H and O–H groups in total. The van der Waals surface area contributed by atoms with Crippen LogP contribution in [0.4, 0.5) is 5.69 Å². The summed E-state index contributed by atoms with van der Waals surface area (Å²) in [6.07, 6.45) is 0. The number of carbonyl (C=O) groups excluding carboxylic acids is 2. The Morgan fingerprint density at radius 3 is 2.68 bits per heavy atom. The van der Waals surface area contributed by atoms with E-state index in [1.807, 2.05) is 11.5 Å². The number of thiophene rings is 1. The summed E-state index contributed by atoms with van der Waals surface area (Å²) in [5.74, 6) is 0.860. The number of amides is 1. The van der Waals surface area contributed by atoms with E-state index >= 15 is 0 Å². The van der Waals surface area contributed by atoms with Gasteiger partial charge in [0.1, 0.15) is 0 Å². The van der Waals surface area contributed by atoms with Crippen LogP contribution in [-0.4, -0.2) is 32.2 Å². The molecule has 0 bridgehead atoms. The first-order valence-electron chi connectivity index (χ1n) is 8.92. The van der Waals surface area contributed by atoms with Gasteiger partial charge in [-0.2, -0.15) is 0 Å². The largest absolute Gasteiger partial charge is 0.325 e. The summed E-state index contributed by atoms with van der Waals surface area (Å²) in [5.41, 5.74) is 3.49. The minimum absolute atomic E-state index is 0.0342. The topological polar surface area (TPSA) is 76.9 Å². The molecule has 0 saturated carbocycles. The first-order valence-corrected chi connectivity index (χ1v) is 10.8. The van der Waals surface area contributed by atoms with Crippen LogP contribution in [0.15, 0.2) is 34.8 Å². The van der Waals surface area contributed by atoms with Crippen molar-refractivity contribution in [2.24, 2.45) is 0 Å². The zero-order chi connectivity index (χ0) is 20.3. The fraction of sp³-hybridized carbons (Fsp3) is 0.300. The normalized spacial score (nSPS) is 10.9. The summed E-state index contributed by atoms with van der Waals surface area (Å²) in [6, 6.07) is 6.93. The number of thioether (sulfide) groups is 1. The van der Waals surface area contributed by atoms with Crippen molar-refractivity contribution in [3.63, 3.8) is 0 Å². The molecule has 1 amide bonds. The number of aromatic nitrogens is 3. The highest BCUT2D eigenvalue weighted by Gasteiger charge is 2.17. The van der Waals surface area contributed by atoms with Gasteiger partial charge in [-0.15, -0.1) is 21.5 Å². The molecule has 0 aliphatic heterocycles. The first kappa shape index (κ1) is 20.3. The monoisotopic (exact) mass is 414 g/mol. The summed E-state index contributed by atoms with van der Waals surface area (Å²) in [5, 5.41) is 14.3. The van der Waals surface area contributed by atoms with Crippen molar-refractivity contribution in [3.8, 4) is 11.4 Å². The van der Waals surface area contributed by atoms with Crippen LogP contribution < -0.4 is 5.32 Å². The Morgan fingerprint density at radius 2 is 2.04 bits per heavy atom. The van der Waals surface area contributed by atoms with Gasteiger partial charge in [0.05, 0.1) is 5.75 Å². The molecule has 28 heavy (non-hydrogen) atoms. The molecular weight excluding hydrogens is 392 g/mol. The Morgan fingerprint density at radius 1 is 1.25 bits per heavy atom.